The molecular formula is C13H23NO3. The van der Waals surface area contributed by atoms with Crippen LogP contribution in [0.1, 0.15) is 32.1 Å². The van der Waals surface area contributed by atoms with E-state index in [1.807, 2.05) is 0 Å². The monoisotopic (exact) mass is 241 g/mol. The average molecular weight is 241 g/mol. The van der Waals surface area contributed by atoms with E-state index in [4.69, 9.17) is 9.84 Å². The van der Waals surface area contributed by atoms with Crippen molar-refractivity contribution in [1.29, 1.82) is 0 Å². The molecule has 0 spiro atoms. The van der Waals surface area contributed by atoms with E-state index in [-0.39, 0.29) is 6.42 Å². The number of hydrogen-bond acceptors (Lipinski definition) is 3. The van der Waals surface area contributed by atoms with Crippen LogP contribution < -0.4 is 0 Å². The highest BCUT2D eigenvalue weighted by Crippen LogP contribution is 2.46. The van der Waals surface area contributed by atoms with Gasteiger partial charge < -0.3 is 14.7 Å². The third-order valence-corrected chi connectivity index (χ3v) is 4.43. The number of carboxylic acids is 1. The molecule has 2 fully saturated rings. The molecule has 2 atom stereocenters. The molecule has 1 heterocycles. The van der Waals surface area contributed by atoms with E-state index in [0.29, 0.717) is 17.9 Å². The second-order valence-corrected chi connectivity index (χ2v) is 5.62. The van der Waals surface area contributed by atoms with Crippen LogP contribution in [0.2, 0.25) is 0 Å². The van der Waals surface area contributed by atoms with Gasteiger partial charge in [-0.25, -0.2) is 0 Å². The Morgan fingerprint density at radius 1 is 1.53 bits per heavy atom. The minimum Gasteiger partial charge on any atom is -0.481 e. The zero-order valence-corrected chi connectivity index (χ0v) is 10.7. The van der Waals surface area contributed by atoms with Gasteiger partial charge in [0, 0.05) is 32.2 Å². The summed E-state index contributed by atoms with van der Waals surface area (Å²) >= 11 is 0. The zero-order chi connectivity index (χ0) is 12.3. The Morgan fingerprint density at radius 2 is 2.35 bits per heavy atom. The normalized spacial score (nSPS) is 33.6. The second kappa shape index (κ2) is 5.36. The van der Waals surface area contributed by atoms with Crippen molar-refractivity contribution < 1.29 is 14.6 Å². The van der Waals surface area contributed by atoms with E-state index in [2.05, 4.69) is 4.90 Å². The molecular weight excluding hydrogens is 218 g/mol. The molecule has 0 bridgehead atoms. The van der Waals surface area contributed by atoms with Gasteiger partial charge in [0.25, 0.3) is 0 Å². The molecule has 0 aromatic carbocycles. The highest BCUT2D eigenvalue weighted by molar-refractivity contribution is 5.66. The van der Waals surface area contributed by atoms with Crippen molar-refractivity contribution in [2.75, 3.05) is 33.4 Å². The maximum atomic E-state index is 10.6. The molecule has 1 saturated carbocycles. The van der Waals surface area contributed by atoms with Crippen LogP contribution in [0.5, 0.6) is 0 Å². The minimum atomic E-state index is -0.694. The predicted molar refractivity (Wildman–Crippen MR) is 65.0 cm³/mol. The van der Waals surface area contributed by atoms with Crippen LogP contribution in [0.15, 0.2) is 0 Å². The lowest BCUT2D eigenvalue weighted by molar-refractivity contribution is -0.137. The van der Waals surface area contributed by atoms with Crippen molar-refractivity contribution in [2.24, 2.45) is 11.3 Å². The maximum absolute atomic E-state index is 10.6. The van der Waals surface area contributed by atoms with Crippen molar-refractivity contribution in [2.45, 2.75) is 32.1 Å². The molecule has 1 aliphatic heterocycles. The van der Waals surface area contributed by atoms with Gasteiger partial charge in [-0.2, -0.15) is 0 Å². The molecule has 0 aromatic heterocycles. The number of likely N-dealkylation sites (tertiary alicyclic amines) is 1. The fraction of sp³-hybridized carbons (Fsp3) is 0.923. The molecule has 4 nitrogen and oxygen atoms in total. The van der Waals surface area contributed by atoms with Gasteiger partial charge in [-0.3, -0.25) is 4.79 Å². The van der Waals surface area contributed by atoms with Crippen molar-refractivity contribution in [3.63, 3.8) is 0 Å². The molecule has 98 valence electrons. The SMILES string of the molecule is COCC12CCCCC1CN(CCC(=O)O)C2. The number of carbonyl (C=O) groups is 1. The summed E-state index contributed by atoms with van der Waals surface area (Å²) in [5.74, 6) is 0.0191. The molecule has 1 N–H and O–H groups in total. The fourth-order valence-electron chi connectivity index (χ4n) is 3.64. The Morgan fingerprint density at radius 3 is 3.06 bits per heavy atom. The first kappa shape index (κ1) is 12.8. The molecule has 1 saturated heterocycles. The van der Waals surface area contributed by atoms with Crippen molar-refractivity contribution in [3.8, 4) is 0 Å². The molecule has 2 unspecified atom stereocenters. The van der Waals surface area contributed by atoms with Gasteiger partial charge in [0.1, 0.15) is 0 Å². The summed E-state index contributed by atoms with van der Waals surface area (Å²) in [6.07, 6.45) is 5.41. The van der Waals surface area contributed by atoms with Crippen molar-refractivity contribution in [3.05, 3.63) is 0 Å². The summed E-state index contributed by atoms with van der Waals surface area (Å²) in [6.45, 7) is 3.62. The first-order chi connectivity index (χ1) is 8.16. The quantitative estimate of drug-likeness (QED) is 0.794. The molecule has 0 radical (unpaired) electrons. The minimum absolute atomic E-state index is 0.260. The first-order valence-corrected chi connectivity index (χ1v) is 6.59. The summed E-state index contributed by atoms with van der Waals surface area (Å²) in [6, 6.07) is 0. The van der Waals surface area contributed by atoms with Crippen LogP contribution in [0.4, 0.5) is 0 Å². The highest BCUT2D eigenvalue weighted by Gasteiger charge is 2.47. The van der Waals surface area contributed by atoms with E-state index < -0.39 is 5.97 Å². The number of methoxy groups -OCH3 is 1. The molecule has 1 aliphatic carbocycles. The van der Waals surface area contributed by atoms with E-state index in [1.54, 1.807) is 7.11 Å². The third kappa shape index (κ3) is 2.80. The Labute approximate surface area is 103 Å². The summed E-state index contributed by atoms with van der Waals surface area (Å²) in [5, 5.41) is 8.75. The van der Waals surface area contributed by atoms with Gasteiger partial charge in [-0.05, 0) is 18.8 Å². The van der Waals surface area contributed by atoms with E-state index in [0.717, 1.165) is 19.7 Å². The van der Waals surface area contributed by atoms with E-state index in [1.165, 1.54) is 25.7 Å². The number of aliphatic carboxylic acids is 1. The largest absolute Gasteiger partial charge is 0.481 e. The zero-order valence-electron chi connectivity index (χ0n) is 10.7. The summed E-state index contributed by atoms with van der Waals surface area (Å²) in [4.78, 5) is 12.9. The maximum Gasteiger partial charge on any atom is 0.304 e. The second-order valence-electron chi connectivity index (χ2n) is 5.62. The summed E-state index contributed by atoms with van der Waals surface area (Å²) in [7, 11) is 1.78. The molecule has 0 amide bonds. The van der Waals surface area contributed by atoms with Gasteiger partial charge in [0.15, 0.2) is 0 Å². The number of ether oxygens (including phenoxy) is 1. The standard InChI is InChI=1S/C13H23NO3/c1-17-10-13-6-3-2-4-11(13)8-14(9-13)7-5-12(15)16/h11H,2-10H2,1H3,(H,15,16). The van der Waals surface area contributed by atoms with E-state index >= 15 is 0 Å². The summed E-state index contributed by atoms with van der Waals surface area (Å²) < 4.78 is 5.42. The first-order valence-electron chi connectivity index (χ1n) is 6.59. The number of hydrogen-bond donors (Lipinski definition) is 1. The highest BCUT2D eigenvalue weighted by atomic mass is 16.5. The predicted octanol–water partition coefficient (Wildman–Crippen LogP) is 1.60. The molecule has 2 rings (SSSR count). The lowest BCUT2D eigenvalue weighted by Crippen LogP contribution is -2.37. The van der Waals surface area contributed by atoms with Crippen LogP contribution in [-0.2, 0) is 9.53 Å². The fourth-order valence-corrected chi connectivity index (χ4v) is 3.64. The topological polar surface area (TPSA) is 49.8 Å². The average Bonchev–Trinajstić information content (AvgIpc) is 2.65. The van der Waals surface area contributed by atoms with Crippen molar-refractivity contribution >= 4 is 5.97 Å². The van der Waals surface area contributed by atoms with Gasteiger partial charge in [0.05, 0.1) is 13.0 Å². The Bertz CT molecular complexity index is 278. The van der Waals surface area contributed by atoms with Crippen LogP contribution >= 0.6 is 0 Å². The van der Waals surface area contributed by atoms with Crippen LogP contribution in [0, 0.1) is 11.3 Å². The molecule has 4 heteroatoms. The Kier molecular flexibility index (Phi) is 4.05. The van der Waals surface area contributed by atoms with Crippen molar-refractivity contribution in [1.82, 2.24) is 4.90 Å². The van der Waals surface area contributed by atoms with E-state index in [9.17, 15) is 4.79 Å². The third-order valence-electron chi connectivity index (χ3n) is 4.43. The molecule has 0 aromatic rings. The van der Waals surface area contributed by atoms with Crippen LogP contribution in [-0.4, -0.2) is 49.3 Å². The van der Waals surface area contributed by atoms with Gasteiger partial charge in [-0.15, -0.1) is 0 Å². The summed E-state index contributed by atoms with van der Waals surface area (Å²) in [5.41, 5.74) is 0.311. The number of nitrogens with zero attached hydrogens (tertiary/aromatic N) is 1. The number of carboxylic acid groups (broad SMARTS) is 1. The lowest BCUT2D eigenvalue weighted by atomic mass is 9.69. The Hall–Kier alpha value is -0.610. The van der Waals surface area contributed by atoms with Gasteiger partial charge >= 0.3 is 5.97 Å². The Balaban J connectivity index is 1.95. The van der Waals surface area contributed by atoms with Gasteiger partial charge in [0.2, 0.25) is 0 Å². The molecule has 2 aliphatic rings. The van der Waals surface area contributed by atoms with Gasteiger partial charge in [-0.1, -0.05) is 12.8 Å². The lowest BCUT2D eigenvalue weighted by Gasteiger charge is -2.38. The smallest absolute Gasteiger partial charge is 0.304 e. The van der Waals surface area contributed by atoms with Crippen LogP contribution in [0.25, 0.3) is 0 Å². The number of rotatable bonds is 5. The number of fused-ring (bicyclic) bond motifs is 1. The molecule has 17 heavy (non-hydrogen) atoms. The van der Waals surface area contributed by atoms with Crippen LogP contribution in [0.3, 0.4) is 0 Å².